The highest BCUT2D eigenvalue weighted by molar-refractivity contribution is 5.97. The maximum atomic E-state index is 12.9. The van der Waals surface area contributed by atoms with Gasteiger partial charge in [-0.05, 0) is 85.0 Å². The van der Waals surface area contributed by atoms with Gasteiger partial charge in [0.15, 0.2) is 0 Å². The van der Waals surface area contributed by atoms with E-state index in [1.54, 1.807) is 19.0 Å². The van der Waals surface area contributed by atoms with Crippen LogP contribution in [-0.2, 0) is 18.3 Å². The number of amidine groups is 1. The Morgan fingerprint density at radius 2 is 1.71 bits per heavy atom. The SMILES string of the molecule is C=C(c1ccc2c(c1)CCc1cc(C(=O)N(C)C)ccc1C2(C[C@@H](C)NCC(=C)N1CCCC1C#N)C(=N)N)N(C)C. The highest BCUT2D eigenvalue weighted by atomic mass is 16.2. The monoisotopic (exact) mass is 567 g/mol. The van der Waals surface area contributed by atoms with Crippen LogP contribution in [0.5, 0.6) is 0 Å². The first kappa shape index (κ1) is 30.9. The van der Waals surface area contributed by atoms with Crippen LogP contribution in [0.25, 0.3) is 5.70 Å². The third kappa shape index (κ3) is 5.79. The number of nitrogens with two attached hydrogens (primary N) is 1. The van der Waals surface area contributed by atoms with Crippen LogP contribution in [0.1, 0.15) is 64.4 Å². The van der Waals surface area contributed by atoms with Gasteiger partial charge in [0, 0.05) is 64.3 Å². The van der Waals surface area contributed by atoms with Crippen LogP contribution in [-0.4, -0.2) is 79.8 Å². The van der Waals surface area contributed by atoms with E-state index in [0.717, 1.165) is 71.4 Å². The van der Waals surface area contributed by atoms with E-state index in [1.807, 2.05) is 37.2 Å². The summed E-state index contributed by atoms with van der Waals surface area (Å²) in [7, 11) is 7.47. The highest BCUT2D eigenvalue weighted by Gasteiger charge is 2.43. The van der Waals surface area contributed by atoms with E-state index >= 15 is 0 Å². The lowest BCUT2D eigenvalue weighted by molar-refractivity contribution is 0.0827. The van der Waals surface area contributed by atoms with Crippen molar-refractivity contribution < 1.29 is 4.79 Å². The largest absolute Gasteiger partial charge is 0.387 e. The standard InChI is InChI=1S/C34H45N7O/c1-22(38-21-23(2)41-16-8-9-29(41)20-35)19-34(33(36)37)30-14-12-25(24(3)39(4)5)17-26(30)10-11-27-18-28(13-15-31(27)34)32(42)40(6)7/h12-15,17-18,22,29,38H,2-3,8-11,16,19,21H2,1,4-7H3,(H3,36,37)/t22-,29?,34?/m1/s1. The number of carbonyl (C=O) groups excluding carboxylic acids is 1. The lowest BCUT2D eigenvalue weighted by Gasteiger charge is -2.38. The van der Waals surface area contributed by atoms with Crippen molar-refractivity contribution in [1.82, 2.24) is 20.0 Å². The predicted molar refractivity (Wildman–Crippen MR) is 170 cm³/mol. The molecule has 0 aromatic heterocycles. The van der Waals surface area contributed by atoms with E-state index in [0.29, 0.717) is 18.5 Å². The first-order valence-electron chi connectivity index (χ1n) is 14.7. The van der Waals surface area contributed by atoms with E-state index in [9.17, 15) is 10.1 Å². The van der Waals surface area contributed by atoms with Crippen molar-refractivity contribution in [1.29, 1.82) is 10.7 Å². The van der Waals surface area contributed by atoms with E-state index < -0.39 is 5.41 Å². The van der Waals surface area contributed by atoms with Crippen LogP contribution in [0.4, 0.5) is 0 Å². The fourth-order valence-corrected chi connectivity index (χ4v) is 6.50. The zero-order valence-electron chi connectivity index (χ0n) is 25.8. The normalized spacial score (nSPS) is 20.0. The van der Waals surface area contributed by atoms with Gasteiger partial charge in [0.25, 0.3) is 5.91 Å². The number of nitriles is 1. The van der Waals surface area contributed by atoms with Crippen LogP contribution in [0.15, 0.2) is 55.3 Å². The lowest BCUT2D eigenvalue weighted by atomic mass is 9.67. The van der Waals surface area contributed by atoms with Gasteiger partial charge in [-0.15, -0.1) is 0 Å². The van der Waals surface area contributed by atoms with Gasteiger partial charge in [0.2, 0.25) is 0 Å². The molecule has 1 saturated heterocycles. The molecule has 8 heteroatoms. The molecule has 1 aliphatic carbocycles. The Morgan fingerprint density at radius 1 is 1.12 bits per heavy atom. The summed E-state index contributed by atoms with van der Waals surface area (Å²) in [5, 5.41) is 22.2. The second-order valence-corrected chi connectivity index (χ2v) is 12.1. The van der Waals surface area contributed by atoms with Gasteiger partial charge in [-0.2, -0.15) is 5.26 Å². The van der Waals surface area contributed by atoms with Gasteiger partial charge in [-0.3, -0.25) is 10.2 Å². The van der Waals surface area contributed by atoms with E-state index in [4.69, 9.17) is 11.1 Å². The average molecular weight is 568 g/mol. The fourth-order valence-electron chi connectivity index (χ4n) is 6.50. The molecule has 3 atom stereocenters. The molecule has 42 heavy (non-hydrogen) atoms. The quantitative estimate of drug-likeness (QED) is 0.294. The number of rotatable bonds is 10. The Bertz CT molecular complexity index is 1360. The molecule has 0 saturated carbocycles. The molecule has 1 fully saturated rings. The number of fused-ring (bicyclic) bond motifs is 2. The van der Waals surface area contributed by atoms with Gasteiger partial charge in [-0.25, -0.2) is 0 Å². The Hall–Kier alpha value is -4.09. The molecule has 2 aromatic rings. The zero-order valence-corrected chi connectivity index (χ0v) is 25.8. The summed E-state index contributed by atoms with van der Waals surface area (Å²) in [6.45, 7) is 12.0. The maximum absolute atomic E-state index is 12.9. The summed E-state index contributed by atoms with van der Waals surface area (Å²) in [6, 6.07) is 14.5. The van der Waals surface area contributed by atoms with Gasteiger partial charge in [0.1, 0.15) is 11.9 Å². The molecule has 4 N–H and O–H groups in total. The molecule has 4 rings (SSSR count). The summed E-state index contributed by atoms with van der Waals surface area (Å²) in [4.78, 5) is 18.6. The molecule has 222 valence electrons. The van der Waals surface area contributed by atoms with Gasteiger partial charge in [-0.1, -0.05) is 31.4 Å². The van der Waals surface area contributed by atoms with Crippen LogP contribution in [0.2, 0.25) is 0 Å². The minimum Gasteiger partial charge on any atom is -0.387 e. The smallest absolute Gasteiger partial charge is 0.253 e. The van der Waals surface area contributed by atoms with Crippen molar-refractivity contribution in [3.8, 4) is 6.07 Å². The van der Waals surface area contributed by atoms with Crippen LogP contribution >= 0.6 is 0 Å². The molecule has 8 nitrogen and oxygen atoms in total. The second kappa shape index (κ2) is 12.4. The van der Waals surface area contributed by atoms with E-state index in [1.165, 1.54) is 0 Å². The lowest BCUT2D eigenvalue weighted by Crippen LogP contribution is -2.48. The van der Waals surface area contributed by atoms with Crippen molar-refractivity contribution in [2.75, 3.05) is 41.3 Å². The second-order valence-electron chi connectivity index (χ2n) is 12.1. The number of amides is 1. The molecule has 1 heterocycles. The van der Waals surface area contributed by atoms with E-state index in [2.05, 4.69) is 54.6 Å². The predicted octanol–water partition coefficient (Wildman–Crippen LogP) is 4.11. The van der Waals surface area contributed by atoms with E-state index in [-0.39, 0.29) is 23.8 Å². The van der Waals surface area contributed by atoms with Crippen LogP contribution < -0.4 is 11.1 Å². The third-order valence-electron chi connectivity index (χ3n) is 8.85. The Balaban J connectivity index is 1.77. The summed E-state index contributed by atoms with van der Waals surface area (Å²) < 4.78 is 0. The van der Waals surface area contributed by atoms with Gasteiger partial charge >= 0.3 is 0 Å². The molecule has 0 bridgehead atoms. The molecule has 2 aromatic carbocycles. The minimum atomic E-state index is -0.893. The number of nitrogens with one attached hydrogen (secondary N) is 2. The summed E-state index contributed by atoms with van der Waals surface area (Å²) >= 11 is 0. The first-order valence-corrected chi connectivity index (χ1v) is 14.7. The molecular weight excluding hydrogens is 522 g/mol. The number of carbonyl (C=O) groups is 1. The summed E-state index contributed by atoms with van der Waals surface area (Å²) in [5.41, 5.74) is 13.4. The molecule has 0 radical (unpaired) electrons. The minimum absolute atomic E-state index is 0.0351. The number of benzene rings is 2. The van der Waals surface area contributed by atoms with Crippen LogP contribution in [0, 0.1) is 16.7 Å². The first-order chi connectivity index (χ1) is 19.9. The van der Waals surface area contributed by atoms with Crippen molar-refractivity contribution in [2.24, 2.45) is 5.73 Å². The number of hydrogen-bond donors (Lipinski definition) is 3. The van der Waals surface area contributed by atoms with Crippen molar-refractivity contribution >= 4 is 17.4 Å². The van der Waals surface area contributed by atoms with Crippen LogP contribution in [0.3, 0.4) is 0 Å². The molecule has 1 amide bonds. The number of hydrogen-bond acceptors (Lipinski definition) is 6. The molecule has 2 aliphatic rings. The summed E-state index contributed by atoms with van der Waals surface area (Å²) in [5.74, 6) is 0.0259. The number of nitrogens with zero attached hydrogens (tertiary/aromatic N) is 4. The molecule has 2 unspecified atom stereocenters. The average Bonchev–Trinajstić information content (AvgIpc) is 3.40. The summed E-state index contributed by atoms with van der Waals surface area (Å²) in [6.07, 6.45) is 3.90. The third-order valence-corrected chi connectivity index (χ3v) is 8.85. The molecule has 0 spiro atoms. The van der Waals surface area contributed by atoms with Crippen molar-refractivity contribution in [2.45, 2.75) is 56.5 Å². The topological polar surface area (TPSA) is 112 Å². The van der Waals surface area contributed by atoms with Crippen molar-refractivity contribution in [3.05, 3.63) is 88.6 Å². The maximum Gasteiger partial charge on any atom is 0.253 e. The van der Waals surface area contributed by atoms with Gasteiger partial charge in [0.05, 0.1) is 11.5 Å². The number of aryl methyl sites for hydroxylation is 2. The molecular formula is C34H45N7O. The van der Waals surface area contributed by atoms with Crippen molar-refractivity contribution in [3.63, 3.8) is 0 Å². The Morgan fingerprint density at radius 3 is 2.26 bits per heavy atom. The highest BCUT2D eigenvalue weighted by Crippen LogP contribution is 2.44. The Labute approximate surface area is 251 Å². The molecule has 1 aliphatic heterocycles. The zero-order chi connectivity index (χ0) is 30.8. The fraction of sp³-hybridized carbons (Fsp3) is 0.441. The number of likely N-dealkylation sites (tertiary alicyclic amines) is 1. The Kier molecular flexibility index (Phi) is 9.12. The van der Waals surface area contributed by atoms with Gasteiger partial charge < -0.3 is 25.8 Å².